The molecule has 0 saturated carbocycles. The van der Waals surface area contributed by atoms with E-state index in [1.165, 1.54) is 18.2 Å². The lowest BCUT2D eigenvalue weighted by Crippen LogP contribution is -2.17. The first-order valence-corrected chi connectivity index (χ1v) is 4.85. The van der Waals surface area contributed by atoms with E-state index >= 15 is 0 Å². The zero-order valence-electron chi connectivity index (χ0n) is 8.71. The monoisotopic (exact) mass is 247 g/mol. The number of H-pyrrole nitrogens is 2. The van der Waals surface area contributed by atoms with Crippen molar-refractivity contribution in [2.24, 2.45) is 0 Å². The highest BCUT2D eigenvalue weighted by molar-refractivity contribution is 5.79. The molecule has 2 N–H and O–H groups in total. The number of aromatic nitrogens is 4. The van der Waals surface area contributed by atoms with Crippen LogP contribution in [0.25, 0.3) is 16.7 Å². The highest BCUT2D eigenvalue weighted by Gasteiger charge is 2.12. The number of nitrogens with one attached hydrogen (secondary N) is 2. The van der Waals surface area contributed by atoms with Crippen molar-refractivity contribution in [3.63, 3.8) is 0 Å². The number of non-ortho nitro benzene ring substituents is 1. The number of hydrogen-bond donors (Lipinski definition) is 2. The van der Waals surface area contributed by atoms with Gasteiger partial charge in [0.2, 0.25) is 5.65 Å². The van der Waals surface area contributed by atoms with Gasteiger partial charge in [-0.05, 0) is 6.07 Å². The Morgan fingerprint density at radius 1 is 1.33 bits per heavy atom. The molecular formula is C9H5N5O4. The molecule has 3 rings (SSSR count). The SMILES string of the molecule is O=c1[nH]c2cc([N+](=O)[O-])ccc2n2c(=O)[nH]nc12. The molecule has 9 heteroatoms. The molecule has 0 atom stereocenters. The van der Waals surface area contributed by atoms with Gasteiger partial charge in [0.05, 0.1) is 16.0 Å². The lowest BCUT2D eigenvalue weighted by molar-refractivity contribution is -0.384. The minimum absolute atomic E-state index is 0.0821. The van der Waals surface area contributed by atoms with Crippen LogP contribution in [-0.4, -0.2) is 24.5 Å². The van der Waals surface area contributed by atoms with Gasteiger partial charge >= 0.3 is 5.69 Å². The first-order chi connectivity index (χ1) is 8.58. The molecule has 1 aromatic carbocycles. The quantitative estimate of drug-likeness (QED) is 0.453. The Labute approximate surface area is 96.8 Å². The number of benzene rings is 1. The van der Waals surface area contributed by atoms with Gasteiger partial charge in [-0.2, -0.15) is 0 Å². The summed E-state index contributed by atoms with van der Waals surface area (Å²) in [6.07, 6.45) is 0. The van der Waals surface area contributed by atoms with E-state index < -0.39 is 16.2 Å². The van der Waals surface area contributed by atoms with Gasteiger partial charge in [0, 0.05) is 12.1 Å². The van der Waals surface area contributed by atoms with Gasteiger partial charge in [0.1, 0.15) is 0 Å². The molecule has 0 aliphatic carbocycles. The van der Waals surface area contributed by atoms with Gasteiger partial charge in [-0.1, -0.05) is 0 Å². The summed E-state index contributed by atoms with van der Waals surface area (Å²) in [6, 6.07) is 3.82. The fraction of sp³-hybridized carbons (Fsp3) is 0. The van der Waals surface area contributed by atoms with E-state index in [1.807, 2.05) is 0 Å². The Morgan fingerprint density at radius 2 is 2.11 bits per heavy atom. The van der Waals surface area contributed by atoms with E-state index in [9.17, 15) is 19.7 Å². The summed E-state index contributed by atoms with van der Waals surface area (Å²) in [6.45, 7) is 0. The molecule has 90 valence electrons. The maximum atomic E-state index is 11.6. The van der Waals surface area contributed by atoms with Crippen LogP contribution in [0.2, 0.25) is 0 Å². The fourth-order valence-corrected chi connectivity index (χ4v) is 1.78. The molecule has 9 nitrogen and oxygen atoms in total. The highest BCUT2D eigenvalue weighted by atomic mass is 16.6. The molecule has 0 spiro atoms. The summed E-state index contributed by atoms with van der Waals surface area (Å²) >= 11 is 0. The molecule has 0 bridgehead atoms. The first-order valence-electron chi connectivity index (χ1n) is 4.85. The van der Waals surface area contributed by atoms with Crippen molar-refractivity contribution >= 4 is 22.4 Å². The summed E-state index contributed by atoms with van der Waals surface area (Å²) in [5, 5.41) is 16.4. The van der Waals surface area contributed by atoms with E-state index in [1.54, 1.807) is 0 Å². The van der Waals surface area contributed by atoms with Crippen molar-refractivity contribution in [2.45, 2.75) is 0 Å². The van der Waals surface area contributed by atoms with Gasteiger partial charge in [-0.15, -0.1) is 5.10 Å². The maximum Gasteiger partial charge on any atom is 0.348 e. The zero-order valence-corrected chi connectivity index (χ0v) is 8.71. The van der Waals surface area contributed by atoms with Gasteiger partial charge in [-0.3, -0.25) is 14.9 Å². The topological polar surface area (TPSA) is 126 Å². The molecule has 0 radical (unpaired) electrons. The first kappa shape index (κ1) is 10.2. The Morgan fingerprint density at radius 3 is 2.83 bits per heavy atom. The largest absolute Gasteiger partial charge is 0.348 e. The Hall–Kier alpha value is -2.97. The van der Waals surface area contributed by atoms with Gasteiger partial charge in [-0.25, -0.2) is 14.3 Å². The lowest BCUT2D eigenvalue weighted by Gasteiger charge is -1.99. The normalized spacial score (nSPS) is 11.1. The van der Waals surface area contributed by atoms with Gasteiger partial charge < -0.3 is 4.98 Å². The average Bonchev–Trinajstić information content (AvgIpc) is 2.72. The van der Waals surface area contributed by atoms with Gasteiger partial charge in [0.25, 0.3) is 11.2 Å². The van der Waals surface area contributed by atoms with Crippen molar-refractivity contribution < 1.29 is 4.92 Å². The van der Waals surface area contributed by atoms with E-state index in [2.05, 4.69) is 15.2 Å². The summed E-state index contributed by atoms with van der Waals surface area (Å²) < 4.78 is 1.07. The summed E-state index contributed by atoms with van der Waals surface area (Å²) in [4.78, 5) is 35.6. The van der Waals surface area contributed by atoms with Gasteiger partial charge in [0.15, 0.2) is 0 Å². The second-order valence-corrected chi connectivity index (χ2v) is 3.60. The van der Waals surface area contributed by atoms with E-state index in [0.29, 0.717) is 5.52 Å². The Bertz CT molecular complexity index is 903. The molecule has 2 aromatic heterocycles. The van der Waals surface area contributed by atoms with Crippen LogP contribution in [0.1, 0.15) is 0 Å². The molecular weight excluding hydrogens is 242 g/mol. The summed E-state index contributed by atoms with van der Waals surface area (Å²) in [5.74, 6) is 0. The van der Waals surface area contributed by atoms with Crippen LogP contribution < -0.4 is 11.2 Å². The third-order valence-electron chi connectivity index (χ3n) is 2.56. The maximum absolute atomic E-state index is 11.6. The lowest BCUT2D eigenvalue weighted by atomic mass is 10.2. The predicted molar refractivity (Wildman–Crippen MR) is 60.6 cm³/mol. The average molecular weight is 247 g/mol. The molecule has 3 aromatic rings. The number of nitro groups is 1. The van der Waals surface area contributed by atoms with Crippen LogP contribution in [0.5, 0.6) is 0 Å². The molecule has 0 aliphatic heterocycles. The predicted octanol–water partition coefficient (Wildman–Crippen LogP) is -0.228. The molecule has 0 unspecified atom stereocenters. The number of aromatic amines is 2. The minimum atomic E-state index is -0.596. The van der Waals surface area contributed by atoms with Crippen LogP contribution >= 0.6 is 0 Å². The van der Waals surface area contributed by atoms with Crippen molar-refractivity contribution in [3.05, 3.63) is 49.2 Å². The third-order valence-corrected chi connectivity index (χ3v) is 2.56. The zero-order chi connectivity index (χ0) is 12.9. The van der Waals surface area contributed by atoms with E-state index in [-0.39, 0.29) is 16.9 Å². The van der Waals surface area contributed by atoms with Crippen LogP contribution in [-0.2, 0) is 0 Å². The van der Waals surface area contributed by atoms with Crippen LogP contribution in [0, 0.1) is 10.1 Å². The Balaban J connectivity index is 2.57. The van der Waals surface area contributed by atoms with E-state index in [0.717, 1.165) is 4.40 Å². The van der Waals surface area contributed by atoms with Crippen molar-refractivity contribution in [2.75, 3.05) is 0 Å². The summed E-state index contributed by atoms with van der Waals surface area (Å²) in [5.41, 5.74) is -0.883. The minimum Gasteiger partial charge on any atom is -0.317 e. The number of fused-ring (bicyclic) bond motifs is 3. The molecule has 2 heterocycles. The molecule has 18 heavy (non-hydrogen) atoms. The molecule has 0 fully saturated rings. The fourth-order valence-electron chi connectivity index (χ4n) is 1.78. The van der Waals surface area contributed by atoms with Crippen LogP contribution in [0.3, 0.4) is 0 Å². The van der Waals surface area contributed by atoms with E-state index in [4.69, 9.17) is 0 Å². The number of rotatable bonds is 1. The molecule has 0 aliphatic rings. The smallest absolute Gasteiger partial charge is 0.317 e. The van der Waals surface area contributed by atoms with Crippen LogP contribution in [0.4, 0.5) is 5.69 Å². The van der Waals surface area contributed by atoms with Crippen molar-refractivity contribution in [1.82, 2.24) is 19.6 Å². The van der Waals surface area contributed by atoms with Crippen molar-refractivity contribution in [3.8, 4) is 0 Å². The number of nitrogens with zero attached hydrogens (tertiary/aromatic N) is 3. The highest BCUT2D eigenvalue weighted by Crippen LogP contribution is 2.17. The Kier molecular flexibility index (Phi) is 1.85. The van der Waals surface area contributed by atoms with Crippen molar-refractivity contribution in [1.29, 1.82) is 0 Å². The number of hydrogen-bond acceptors (Lipinski definition) is 5. The second kappa shape index (κ2) is 3.26. The molecule has 0 amide bonds. The summed E-state index contributed by atoms with van der Waals surface area (Å²) in [7, 11) is 0. The third kappa shape index (κ3) is 1.24. The van der Waals surface area contributed by atoms with Crippen LogP contribution in [0.15, 0.2) is 27.8 Å². The standard InChI is InChI=1S/C9H5N5O4/c15-8-7-11-12-9(16)13(7)6-2-1-4(14(17)18)3-5(6)10-8/h1-3H,(H,10,15)(H,12,16). The number of nitro benzene ring substituents is 1. The second-order valence-electron chi connectivity index (χ2n) is 3.60. The molecule has 0 saturated heterocycles.